The van der Waals surface area contributed by atoms with Crippen LogP contribution in [0.2, 0.25) is 0 Å². The number of carbonyl (C=O) groups excluding carboxylic acids is 2. The minimum absolute atomic E-state index is 0.0804. The lowest BCUT2D eigenvalue weighted by Gasteiger charge is -2.24. The van der Waals surface area contributed by atoms with Crippen LogP contribution in [0, 0.1) is 0 Å². The fourth-order valence-electron chi connectivity index (χ4n) is 8.76. The maximum Gasteiger partial charge on any atom is 0.306 e. The van der Waals surface area contributed by atoms with Gasteiger partial charge >= 0.3 is 5.97 Å². The van der Waals surface area contributed by atoms with Crippen molar-refractivity contribution in [2.75, 3.05) is 6.61 Å². The van der Waals surface area contributed by atoms with Crippen molar-refractivity contribution in [3.05, 3.63) is 24.3 Å². The Balaban J connectivity index is 4.53. The van der Waals surface area contributed by atoms with Gasteiger partial charge in [0.25, 0.3) is 0 Å². The second kappa shape index (κ2) is 51.3. The van der Waals surface area contributed by atoms with E-state index in [2.05, 4.69) is 50.4 Å². The molecular weight excluding hydrogens is 779 g/mol. The number of aliphatic hydroxyl groups is 2. The summed E-state index contributed by atoms with van der Waals surface area (Å²) in [6.07, 6.45) is 59.6. The van der Waals surface area contributed by atoms with Crippen LogP contribution in [-0.4, -0.2) is 46.9 Å². The summed E-state index contributed by atoms with van der Waals surface area (Å²) < 4.78 is 5.96. The summed E-state index contributed by atoms with van der Waals surface area (Å²) >= 11 is 0. The first-order valence-corrected chi connectivity index (χ1v) is 28.1. The van der Waals surface area contributed by atoms with Crippen LogP contribution in [0.15, 0.2) is 24.3 Å². The van der Waals surface area contributed by atoms with Crippen LogP contribution in [0.5, 0.6) is 0 Å². The van der Waals surface area contributed by atoms with Crippen molar-refractivity contribution in [3.63, 3.8) is 0 Å². The minimum Gasteiger partial charge on any atom is -0.462 e. The summed E-state index contributed by atoms with van der Waals surface area (Å²) in [4.78, 5) is 26.2. The van der Waals surface area contributed by atoms with Crippen LogP contribution in [0.3, 0.4) is 0 Å². The molecule has 6 heteroatoms. The topological polar surface area (TPSA) is 95.9 Å². The Morgan fingerprint density at radius 2 is 0.810 bits per heavy atom. The Labute approximate surface area is 392 Å². The number of amides is 1. The maximum absolute atomic E-state index is 13.2. The van der Waals surface area contributed by atoms with Crippen LogP contribution in [-0.2, 0) is 14.3 Å². The molecule has 0 rings (SSSR count). The van der Waals surface area contributed by atoms with Gasteiger partial charge in [0, 0.05) is 6.42 Å². The third-order valence-corrected chi connectivity index (χ3v) is 13.0. The molecule has 0 aromatic carbocycles. The Bertz CT molecular complexity index is 997. The van der Waals surface area contributed by atoms with E-state index < -0.39 is 18.2 Å². The number of hydrogen-bond acceptors (Lipinski definition) is 5. The number of aliphatic hydroxyl groups excluding tert-OH is 2. The van der Waals surface area contributed by atoms with Crippen LogP contribution in [0.4, 0.5) is 0 Å². The fourth-order valence-corrected chi connectivity index (χ4v) is 8.76. The molecular formula is C57H109NO5. The number of ether oxygens (including phenoxy) is 1. The highest BCUT2D eigenvalue weighted by molar-refractivity contribution is 5.77. The van der Waals surface area contributed by atoms with Gasteiger partial charge in [-0.1, -0.05) is 257 Å². The number of hydrogen-bond donors (Lipinski definition) is 3. The van der Waals surface area contributed by atoms with E-state index in [1.54, 1.807) is 0 Å². The van der Waals surface area contributed by atoms with E-state index in [1.807, 2.05) is 0 Å². The zero-order valence-electron chi connectivity index (χ0n) is 42.5. The molecule has 3 N–H and O–H groups in total. The molecule has 0 saturated heterocycles. The molecule has 6 nitrogen and oxygen atoms in total. The van der Waals surface area contributed by atoms with Crippen molar-refractivity contribution < 1.29 is 24.5 Å². The standard InChI is InChI=1S/C57H109NO5/c1-4-7-10-13-16-19-22-24-26-28-30-32-34-36-39-42-45-48-53(51-56(61)58-54(52-59)55(60)49-46-43-40-37-21-18-15-12-9-6-3)63-57(62)50-47-44-41-38-35-33-31-29-27-25-23-20-17-14-11-8-5-2/h17,20,25,27,53-55,59-60H,4-16,18-19,21-24,26,28-52H2,1-3H3,(H,58,61)/b20-17-,27-25-. The fraction of sp³-hybridized carbons (Fsp3) is 0.895. The zero-order chi connectivity index (χ0) is 45.9. The molecule has 0 heterocycles. The Morgan fingerprint density at radius 1 is 0.460 bits per heavy atom. The van der Waals surface area contributed by atoms with Crippen LogP contribution >= 0.6 is 0 Å². The van der Waals surface area contributed by atoms with Gasteiger partial charge in [0.1, 0.15) is 6.10 Å². The number of unbranched alkanes of at least 4 members (excludes halogenated alkanes) is 35. The first-order valence-electron chi connectivity index (χ1n) is 28.1. The van der Waals surface area contributed by atoms with Gasteiger partial charge in [-0.2, -0.15) is 0 Å². The lowest BCUT2D eigenvalue weighted by Crippen LogP contribution is -2.46. The molecule has 0 saturated carbocycles. The molecule has 3 atom stereocenters. The highest BCUT2D eigenvalue weighted by Crippen LogP contribution is 2.19. The predicted octanol–water partition coefficient (Wildman–Crippen LogP) is 17.1. The first kappa shape index (κ1) is 61.3. The van der Waals surface area contributed by atoms with Gasteiger partial charge in [-0.05, 0) is 57.8 Å². The molecule has 372 valence electrons. The van der Waals surface area contributed by atoms with Crippen molar-refractivity contribution in [2.45, 2.75) is 322 Å². The van der Waals surface area contributed by atoms with Gasteiger partial charge in [0.15, 0.2) is 0 Å². The summed E-state index contributed by atoms with van der Waals surface area (Å²) in [6, 6.07) is -0.698. The number of allylic oxidation sites excluding steroid dienone is 4. The number of rotatable bonds is 51. The molecule has 0 aliphatic carbocycles. The van der Waals surface area contributed by atoms with Gasteiger partial charge in [-0.15, -0.1) is 0 Å². The monoisotopic (exact) mass is 888 g/mol. The molecule has 0 aliphatic heterocycles. The second-order valence-corrected chi connectivity index (χ2v) is 19.3. The maximum atomic E-state index is 13.2. The van der Waals surface area contributed by atoms with Gasteiger partial charge in [0.2, 0.25) is 5.91 Å². The molecule has 0 spiro atoms. The molecule has 0 bridgehead atoms. The Kier molecular flexibility index (Phi) is 50.0. The third kappa shape index (κ3) is 46.7. The van der Waals surface area contributed by atoms with Crippen molar-refractivity contribution in [1.29, 1.82) is 0 Å². The second-order valence-electron chi connectivity index (χ2n) is 19.3. The van der Waals surface area contributed by atoms with Crippen molar-refractivity contribution in [3.8, 4) is 0 Å². The largest absolute Gasteiger partial charge is 0.462 e. The van der Waals surface area contributed by atoms with Crippen molar-refractivity contribution in [1.82, 2.24) is 5.32 Å². The van der Waals surface area contributed by atoms with E-state index >= 15 is 0 Å². The van der Waals surface area contributed by atoms with Gasteiger partial charge < -0.3 is 20.3 Å². The smallest absolute Gasteiger partial charge is 0.306 e. The highest BCUT2D eigenvalue weighted by Gasteiger charge is 2.24. The Morgan fingerprint density at radius 3 is 1.24 bits per heavy atom. The van der Waals surface area contributed by atoms with E-state index in [0.29, 0.717) is 19.3 Å². The third-order valence-electron chi connectivity index (χ3n) is 13.0. The van der Waals surface area contributed by atoms with E-state index in [-0.39, 0.29) is 24.9 Å². The molecule has 3 unspecified atom stereocenters. The van der Waals surface area contributed by atoms with Crippen LogP contribution in [0.1, 0.15) is 303 Å². The Hall–Kier alpha value is -1.66. The van der Waals surface area contributed by atoms with Gasteiger partial charge in [-0.3, -0.25) is 9.59 Å². The molecule has 0 aliphatic rings. The van der Waals surface area contributed by atoms with Crippen molar-refractivity contribution in [2.24, 2.45) is 0 Å². The zero-order valence-corrected chi connectivity index (χ0v) is 42.5. The van der Waals surface area contributed by atoms with E-state index in [9.17, 15) is 19.8 Å². The van der Waals surface area contributed by atoms with Crippen molar-refractivity contribution >= 4 is 11.9 Å². The quantitative estimate of drug-likeness (QED) is 0.0321. The van der Waals surface area contributed by atoms with E-state index in [1.165, 1.54) is 199 Å². The minimum atomic E-state index is -0.784. The first-order chi connectivity index (χ1) is 31.0. The molecule has 0 fully saturated rings. The average Bonchev–Trinajstić information content (AvgIpc) is 3.28. The molecule has 1 amide bonds. The summed E-state index contributed by atoms with van der Waals surface area (Å²) in [6.45, 7) is 6.48. The molecule has 0 radical (unpaired) electrons. The summed E-state index contributed by atoms with van der Waals surface area (Å²) in [7, 11) is 0. The van der Waals surface area contributed by atoms with Crippen LogP contribution in [0.25, 0.3) is 0 Å². The number of carbonyl (C=O) groups is 2. The van der Waals surface area contributed by atoms with E-state index in [0.717, 1.165) is 57.8 Å². The summed E-state index contributed by atoms with van der Waals surface area (Å²) in [5.41, 5.74) is 0. The predicted molar refractivity (Wildman–Crippen MR) is 273 cm³/mol. The normalized spacial score (nSPS) is 13.3. The SMILES string of the molecule is CCCCC/C=C\C/C=C\CCCCCCCCCC(=O)OC(CCCCCCCCCCCCCCCCCCC)CC(=O)NC(CO)C(O)CCCCCCCCCCCC. The van der Waals surface area contributed by atoms with Gasteiger partial charge in [-0.25, -0.2) is 0 Å². The highest BCUT2D eigenvalue weighted by atomic mass is 16.5. The number of esters is 1. The molecule has 0 aromatic heterocycles. The summed E-state index contributed by atoms with van der Waals surface area (Å²) in [5.74, 6) is -0.465. The van der Waals surface area contributed by atoms with Gasteiger partial charge in [0.05, 0.1) is 25.2 Å². The molecule has 63 heavy (non-hydrogen) atoms. The lowest BCUT2D eigenvalue weighted by molar-refractivity contribution is -0.151. The summed E-state index contributed by atoms with van der Waals surface area (Å²) in [5, 5.41) is 23.8. The van der Waals surface area contributed by atoms with Crippen LogP contribution < -0.4 is 5.32 Å². The number of nitrogens with one attached hydrogen (secondary N) is 1. The van der Waals surface area contributed by atoms with E-state index in [4.69, 9.17) is 4.74 Å². The lowest BCUT2D eigenvalue weighted by atomic mass is 10.0. The average molecular weight is 889 g/mol. The molecule has 0 aromatic rings.